The number of rotatable bonds is 6. The van der Waals surface area contributed by atoms with E-state index in [1.54, 1.807) is 0 Å². The van der Waals surface area contributed by atoms with Gasteiger partial charge in [-0.3, -0.25) is 0 Å². The summed E-state index contributed by atoms with van der Waals surface area (Å²) in [5, 5.41) is 9.52. The van der Waals surface area contributed by atoms with E-state index >= 15 is 0 Å². The average Bonchev–Trinajstić information content (AvgIpc) is 3.79. The van der Waals surface area contributed by atoms with Gasteiger partial charge in [0.15, 0.2) is 0 Å². The number of hydrogen-bond acceptors (Lipinski definition) is 2. The Labute approximate surface area is 324 Å². The van der Waals surface area contributed by atoms with Gasteiger partial charge in [0.2, 0.25) is 0 Å². The predicted molar refractivity (Wildman–Crippen MR) is 238 cm³/mol. The SMILES string of the molecule is C=Cc1c(C)cc(N(c2ccc(-c3ccc4c(c3)c3ccccc3n4-c3ccc4ccccc4c3)cc2)c2ccc3oc4ccccc4c3c2)c2ccccc12. The van der Waals surface area contributed by atoms with Crippen molar-refractivity contribution in [2.45, 2.75) is 6.92 Å². The van der Waals surface area contributed by atoms with Crippen LogP contribution in [0.3, 0.4) is 0 Å². The Kier molecular flexibility index (Phi) is 7.23. The van der Waals surface area contributed by atoms with E-state index in [9.17, 15) is 0 Å². The van der Waals surface area contributed by atoms with Crippen LogP contribution in [-0.2, 0) is 0 Å². The van der Waals surface area contributed by atoms with Gasteiger partial charge in [-0.25, -0.2) is 0 Å². The summed E-state index contributed by atoms with van der Waals surface area (Å²) in [4.78, 5) is 2.38. The molecule has 0 fully saturated rings. The molecule has 2 heterocycles. The highest BCUT2D eigenvalue weighted by molar-refractivity contribution is 6.11. The quantitative estimate of drug-likeness (QED) is 0.171. The molecule has 2 aromatic heterocycles. The summed E-state index contributed by atoms with van der Waals surface area (Å²) in [5.74, 6) is 0. The third-order valence-corrected chi connectivity index (χ3v) is 11.5. The van der Waals surface area contributed by atoms with E-state index in [1.807, 2.05) is 18.2 Å². The standard InChI is InChI=1S/C53H36N2O/c1-3-42-34(2)30-51(44-15-7-6-14-43(42)44)54(41-27-29-53-48(33-41)46-17-9-11-19-52(46)56-53)39-24-20-36(21-25-39)38-23-28-50-47(32-38)45-16-8-10-18-49(45)55(50)40-26-22-35-12-4-5-13-37(35)31-40/h3-33H,1H2,2H3. The highest BCUT2D eigenvalue weighted by atomic mass is 16.3. The fourth-order valence-electron chi connectivity index (χ4n) is 8.80. The lowest BCUT2D eigenvalue weighted by molar-refractivity contribution is 0.669. The third-order valence-electron chi connectivity index (χ3n) is 11.5. The van der Waals surface area contributed by atoms with Crippen molar-refractivity contribution in [2.75, 3.05) is 4.90 Å². The highest BCUT2D eigenvalue weighted by Gasteiger charge is 2.20. The minimum atomic E-state index is 0.880. The van der Waals surface area contributed by atoms with Crippen LogP contribution in [0.25, 0.3) is 88.2 Å². The summed E-state index contributed by atoms with van der Waals surface area (Å²) < 4.78 is 8.65. The number of hydrogen-bond donors (Lipinski definition) is 0. The first kappa shape index (κ1) is 32.1. The molecule has 0 bridgehead atoms. The monoisotopic (exact) mass is 716 g/mol. The number of para-hydroxylation sites is 2. The summed E-state index contributed by atoms with van der Waals surface area (Å²) in [7, 11) is 0. The van der Waals surface area contributed by atoms with E-state index in [2.05, 4.69) is 193 Å². The fourth-order valence-corrected chi connectivity index (χ4v) is 8.80. The molecule has 0 spiro atoms. The molecule has 0 saturated carbocycles. The van der Waals surface area contributed by atoms with Crippen LogP contribution in [0.5, 0.6) is 0 Å². The largest absolute Gasteiger partial charge is 0.456 e. The van der Waals surface area contributed by atoms with Gasteiger partial charge in [0.1, 0.15) is 11.2 Å². The van der Waals surface area contributed by atoms with E-state index in [1.165, 1.54) is 54.5 Å². The topological polar surface area (TPSA) is 21.3 Å². The molecule has 0 atom stereocenters. The van der Waals surface area contributed by atoms with Crippen LogP contribution in [0.1, 0.15) is 11.1 Å². The van der Waals surface area contributed by atoms with Gasteiger partial charge in [0.25, 0.3) is 0 Å². The van der Waals surface area contributed by atoms with Gasteiger partial charge < -0.3 is 13.9 Å². The van der Waals surface area contributed by atoms with Crippen molar-refractivity contribution in [1.29, 1.82) is 0 Å². The molecule has 0 amide bonds. The van der Waals surface area contributed by atoms with E-state index in [-0.39, 0.29) is 0 Å². The van der Waals surface area contributed by atoms with Gasteiger partial charge in [-0.15, -0.1) is 0 Å². The second kappa shape index (κ2) is 12.6. The normalized spacial score (nSPS) is 11.7. The molecule has 0 N–H and O–H groups in total. The van der Waals surface area contributed by atoms with Crippen molar-refractivity contribution in [3.63, 3.8) is 0 Å². The van der Waals surface area contributed by atoms with E-state index in [0.29, 0.717) is 0 Å². The first-order chi connectivity index (χ1) is 27.6. The third kappa shape index (κ3) is 4.98. The lowest BCUT2D eigenvalue weighted by Gasteiger charge is -2.28. The van der Waals surface area contributed by atoms with Crippen LogP contribution in [0.15, 0.2) is 193 Å². The molecular weight excluding hydrogens is 681 g/mol. The molecule has 0 aliphatic heterocycles. The number of fused-ring (bicyclic) bond motifs is 8. The Morgan fingerprint density at radius 3 is 1.98 bits per heavy atom. The number of anilines is 3. The van der Waals surface area contributed by atoms with Crippen LogP contribution in [0.4, 0.5) is 17.1 Å². The molecule has 3 heteroatoms. The van der Waals surface area contributed by atoms with E-state index in [0.717, 1.165) is 55.8 Å². The maximum absolute atomic E-state index is 6.25. The number of benzene rings is 9. The Morgan fingerprint density at radius 1 is 0.482 bits per heavy atom. The first-order valence-corrected chi connectivity index (χ1v) is 19.1. The molecule has 56 heavy (non-hydrogen) atoms. The molecular formula is C53H36N2O. The van der Waals surface area contributed by atoms with Crippen LogP contribution >= 0.6 is 0 Å². The van der Waals surface area contributed by atoms with Gasteiger partial charge in [-0.1, -0.05) is 122 Å². The molecule has 0 aliphatic carbocycles. The molecule has 11 rings (SSSR count). The predicted octanol–water partition coefficient (Wildman–Crippen LogP) is 15.1. The molecule has 9 aromatic carbocycles. The fraction of sp³-hybridized carbons (Fsp3) is 0.0189. The van der Waals surface area contributed by atoms with Crippen molar-refractivity contribution < 1.29 is 4.42 Å². The second-order valence-corrected chi connectivity index (χ2v) is 14.7. The molecule has 0 aliphatic rings. The summed E-state index contributed by atoms with van der Waals surface area (Å²) in [6, 6.07) is 65.7. The van der Waals surface area contributed by atoms with Crippen molar-refractivity contribution in [2.24, 2.45) is 0 Å². The van der Waals surface area contributed by atoms with Gasteiger partial charge in [-0.05, 0) is 118 Å². The molecule has 3 nitrogen and oxygen atoms in total. The number of aromatic nitrogens is 1. The molecule has 0 unspecified atom stereocenters. The maximum atomic E-state index is 6.25. The van der Waals surface area contributed by atoms with Crippen molar-refractivity contribution >= 4 is 88.4 Å². The van der Waals surface area contributed by atoms with E-state index in [4.69, 9.17) is 4.42 Å². The van der Waals surface area contributed by atoms with Gasteiger partial charge in [0.05, 0.1) is 16.7 Å². The first-order valence-electron chi connectivity index (χ1n) is 19.1. The minimum absolute atomic E-state index is 0.880. The van der Waals surface area contributed by atoms with Crippen molar-refractivity contribution in [1.82, 2.24) is 4.57 Å². The van der Waals surface area contributed by atoms with Gasteiger partial charge in [0, 0.05) is 44.0 Å². The lowest BCUT2D eigenvalue weighted by atomic mass is 9.96. The number of nitrogens with zero attached hydrogens (tertiary/aromatic N) is 2. The highest BCUT2D eigenvalue weighted by Crippen LogP contribution is 2.44. The molecule has 0 radical (unpaired) electrons. The average molecular weight is 717 g/mol. The lowest BCUT2D eigenvalue weighted by Crippen LogP contribution is -2.11. The Bertz CT molecular complexity index is 3350. The Balaban J connectivity index is 1.06. The zero-order valence-corrected chi connectivity index (χ0v) is 30.9. The number of aryl methyl sites for hydroxylation is 1. The Morgan fingerprint density at radius 2 is 1.14 bits per heavy atom. The van der Waals surface area contributed by atoms with Crippen molar-refractivity contribution in [3.8, 4) is 16.8 Å². The van der Waals surface area contributed by atoms with Crippen LogP contribution in [-0.4, -0.2) is 4.57 Å². The van der Waals surface area contributed by atoms with Crippen molar-refractivity contribution in [3.05, 3.63) is 200 Å². The summed E-state index contributed by atoms with van der Waals surface area (Å²) in [5.41, 5.74) is 13.3. The van der Waals surface area contributed by atoms with Gasteiger partial charge >= 0.3 is 0 Å². The zero-order chi connectivity index (χ0) is 37.3. The smallest absolute Gasteiger partial charge is 0.135 e. The summed E-state index contributed by atoms with van der Waals surface area (Å²) in [6.45, 7) is 6.34. The maximum Gasteiger partial charge on any atom is 0.135 e. The summed E-state index contributed by atoms with van der Waals surface area (Å²) >= 11 is 0. The molecule has 0 saturated heterocycles. The number of furan rings is 1. The summed E-state index contributed by atoms with van der Waals surface area (Å²) in [6.07, 6.45) is 1.97. The van der Waals surface area contributed by atoms with Crippen LogP contribution in [0, 0.1) is 6.92 Å². The minimum Gasteiger partial charge on any atom is -0.456 e. The van der Waals surface area contributed by atoms with Crippen LogP contribution < -0.4 is 4.90 Å². The van der Waals surface area contributed by atoms with E-state index < -0.39 is 0 Å². The second-order valence-electron chi connectivity index (χ2n) is 14.7. The molecule has 264 valence electrons. The molecule has 11 aromatic rings. The van der Waals surface area contributed by atoms with Gasteiger partial charge in [-0.2, -0.15) is 0 Å². The Hall–Kier alpha value is -7.36. The zero-order valence-electron chi connectivity index (χ0n) is 30.9. The van der Waals surface area contributed by atoms with Crippen LogP contribution in [0.2, 0.25) is 0 Å².